The second-order valence-corrected chi connectivity index (χ2v) is 12.3. The van der Waals surface area contributed by atoms with Crippen LogP contribution in [0, 0.1) is 52.3 Å². The van der Waals surface area contributed by atoms with Crippen LogP contribution >= 0.6 is 0 Å². The molecule has 0 heterocycles. The zero-order chi connectivity index (χ0) is 21.7. The molecule has 0 saturated heterocycles. The summed E-state index contributed by atoms with van der Waals surface area (Å²) in [5.41, 5.74) is 1.96. The lowest BCUT2D eigenvalue weighted by Crippen LogP contribution is -2.52. The monoisotopic (exact) mass is 410 g/mol. The van der Waals surface area contributed by atoms with Crippen LogP contribution < -0.4 is 0 Å². The summed E-state index contributed by atoms with van der Waals surface area (Å²) in [4.78, 5) is 13.4. The Morgan fingerprint density at radius 1 is 1.03 bits per heavy atom. The Balaban J connectivity index is 1.53. The number of hydrogen-bond acceptors (Lipinski definition) is 1. The molecule has 168 valence electrons. The van der Waals surface area contributed by atoms with Gasteiger partial charge in [-0.2, -0.15) is 0 Å². The van der Waals surface area contributed by atoms with E-state index in [1.165, 1.54) is 63.4 Å². The van der Waals surface area contributed by atoms with E-state index in [2.05, 4.69) is 59.8 Å². The van der Waals surface area contributed by atoms with E-state index < -0.39 is 0 Å². The minimum atomic E-state index is 0.240. The second kappa shape index (κ2) is 8.25. The molecule has 0 aliphatic heterocycles. The first-order chi connectivity index (χ1) is 14.2. The number of ketones is 1. The molecule has 2 saturated carbocycles. The standard InChI is InChI=1S/C29H46O/c1-7-21(19(2)3)12-11-20(4)23-13-14-24-27-25(15-17-29(23,24)6)28(5)16-9-8-10-22(28)18-26(27)30/h8,10,18-21,23-25,27H,7,9,11-17H2,1-6H3. The summed E-state index contributed by atoms with van der Waals surface area (Å²) < 4.78 is 0. The largest absolute Gasteiger partial charge is 0.295 e. The predicted octanol–water partition coefficient (Wildman–Crippen LogP) is 8.01. The van der Waals surface area contributed by atoms with Crippen LogP contribution in [0.2, 0.25) is 0 Å². The smallest absolute Gasteiger partial charge is 0.159 e. The Labute approximate surface area is 186 Å². The van der Waals surface area contributed by atoms with E-state index in [0.29, 0.717) is 29.0 Å². The topological polar surface area (TPSA) is 17.1 Å². The second-order valence-electron chi connectivity index (χ2n) is 12.3. The van der Waals surface area contributed by atoms with E-state index in [9.17, 15) is 4.79 Å². The van der Waals surface area contributed by atoms with Crippen LogP contribution in [0.1, 0.15) is 99.3 Å². The summed E-state index contributed by atoms with van der Waals surface area (Å²) in [6.45, 7) is 14.7. The van der Waals surface area contributed by atoms with Crippen molar-refractivity contribution >= 4 is 5.78 Å². The van der Waals surface area contributed by atoms with Crippen molar-refractivity contribution in [1.82, 2.24) is 0 Å². The summed E-state index contributed by atoms with van der Waals surface area (Å²) in [5.74, 6) is 5.23. The Kier molecular flexibility index (Phi) is 6.15. The summed E-state index contributed by atoms with van der Waals surface area (Å²) in [7, 11) is 0. The van der Waals surface area contributed by atoms with Gasteiger partial charge < -0.3 is 0 Å². The van der Waals surface area contributed by atoms with Gasteiger partial charge in [0.15, 0.2) is 5.78 Å². The third-order valence-electron chi connectivity index (χ3n) is 10.7. The first-order valence-corrected chi connectivity index (χ1v) is 13.1. The van der Waals surface area contributed by atoms with Gasteiger partial charge >= 0.3 is 0 Å². The number of rotatable bonds is 6. The van der Waals surface area contributed by atoms with Crippen LogP contribution in [-0.4, -0.2) is 5.78 Å². The minimum Gasteiger partial charge on any atom is -0.295 e. The van der Waals surface area contributed by atoms with Crippen molar-refractivity contribution in [3.05, 3.63) is 23.8 Å². The normalized spacial score (nSPS) is 42.4. The average molecular weight is 411 g/mol. The van der Waals surface area contributed by atoms with Crippen molar-refractivity contribution in [3.63, 3.8) is 0 Å². The van der Waals surface area contributed by atoms with Gasteiger partial charge in [-0.1, -0.05) is 66.5 Å². The molecule has 0 amide bonds. The van der Waals surface area contributed by atoms with Gasteiger partial charge in [0.25, 0.3) is 0 Å². The van der Waals surface area contributed by atoms with Crippen molar-refractivity contribution in [1.29, 1.82) is 0 Å². The van der Waals surface area contributed by atoms with E-state index in [-0.39, 0.29) is 5.41 Å². The maximum Gasteiger partial charge on any atom is 0.159 e. The third kappa shape index (κ3) is 3.47. The lowest BCUT2D eigenvalue weighted by molar-refractivity contribution is -0.133. The van der Waals surface area contributed by atoms with Gasteiger partial charge in [0.1, 0.15) is 0 Å². The Morgan fingerprint density at radius 2 is 1.80 bits per heavy atom. The predicted molar refractivity (Wildman–Crippen MR) is 127 cm³/mol. The van der Waals surface area contributed by atoms with Crippen LogP contribution in [-0.2, 0) is 4.79 Å². The van der Waals surface area contributed by atoms with Crippen molar-refractivity contribution < 1.29 is 4.79 Å². The summed E-state index contributed by atoms with van der Waals surface area (Å²) in [5, 5.41) is 0. The van der Waals surface area contributed by atoms with E-state index in [1.807, 2.05) is 0 Å². The molecule has 2 fully saturated rings. The molecule has 4 rings (SSSR count). The number of hydrogen-bond donors (Lipinski definition) is 0. The molecule has 0 radical (unpaired) electrons. The van der Waals surface area contributed by atoms with Gasteiger partial charge in [-0.25, -0.2) is 0 Å². The Hall–Kier alpha value is -0.850. The molecule has 8 unspecified atom stereocenters. The Bertz CT molecular complexity index is 714. The molecule has 4 aliphatic rings. The maximum atomic E-state index is 13.4. The quantitative estimate of drug-likeness (QED) is 0.433. The molecule has 1 nitrogen and oxygen atoms in total. The summed E-state index contributed by atoms with van der Waals surface area (Å²) in [6, 6.07) is 0. The SMILES string of the molecule is CCC(CCC(C)C1CCC2C3C(=O)C=C4C=CCCC4(C)C3CCC12C)C(C)C. The third-order valence-corrected chi connectivity index (χ3v) is 10.7. The highest BCUT2D eigenvalue weighted by Gasteiger charge is 2.60. The fourth-order valence-electron chi connectivity index (χ4n) is 8.70. The summed E-state index contributed by atoms with van der Waals surface area (Å²) >= 11 is 0. The van der Waals surface area contributed by atoms with Gasteiger partial charge in [-0.05, 0) is 103 Å². The van der Waals surface area contributed by atoms with Gasteiger partial charge in [0.05, 0.1) is 0 Å². The lowest BCUT2D eigenvalue weighted by Gasteiger charge is -2.56. The van der Waals surface area contributed by atoms with E-state index in [1.54, 1.807) is 0 Å². The van der Waals surface area contributed by atoms with Crippen molar-refractivity contribution in [2.45, 2.75) is 99.3 Å². The van der Waals surface area contributed by atoms with Crippen LogP contribution in [0.5, 0.6) is 0 Å². The van der Waals surface area contributed by atoms with Crippen LogP contribution in [0.3, 0.4) is 0 Å². The van der Waals surface area contributed by atoms with E-state index >= 15 is 0 Å². The van der Waals surface area contributed by atoms with E-state index in [4.69, 9.17) is 0 Å². The van der Waals surface area contributed by atoms with Crippen molar-refractivity contribution in [3.8, 4) is 0 Å². The van der Waals surface area contributed by atoms with E-state index in [0.717, 1.165) is 23.7 Å². The maximum absolute atomic E-state index is 13.4. The van der Waals surface area contributed by atoms with Gasteiger partial charge in [-0.15, -0.1) is 0 Å². The van der Waals surface area contributed by atoms with Gasteiger partial charge in [0.2, 0.25) is 0 Å². The summed E-state index contributed by atoms with van der Waals surface area (Å²) in [6.07, 6.45) is 18.3. The number of carbonyl (C=O) groups excluding carboxylic acids is 1. The molecule has 0 aromatic carbocycles. The molecule has 1 heteroatoms. The molecular formula is C29H46O. The van der Waals surface area contributed by atoms with Gasteiger partial charge in [0, 0.05) is 5.92 Å². The molecule has 4 aliphatic carbocycles. The first-order valence-electron chi connectivity index (χ1n) is 13.1. The molecule has 30 heavy (non-hydrogen) atoms. The fourth-order valence-corrected chi connectivity index (χ4v) is 8.70. The highest BCUT2D eigenvalue weighted by atomic mass is 16.1. The molecule has 0 N–H and O–H groups in total. The van der Waals surface area contributed by atoms with Crippen LogP contribution in [0.15, 0.2) is 23.8 Å². The van der Waals surface area contributed by atoms with Crippen LogP contribution in [0.4, 0.5) is 0 Å². The number of carbonyl (C=O) groups is 1. The molecular weight excluding hydrogens is 364 g/mol. The lowest BCUT2D eigenvalue weighted by atomic mass is 9.47. The molecule has 0 bridgehead atoms. The first kappa shape index (κ1) is 22.3. The highest BCUT2D eigenvalue weighted by Crippen LogP contribution is 2.66. The highest BCUT2D eigenvalue weighted by molar-refractivity contribution is 5.95. The number of allylic oxidation sites excluding steroid dienone is 4. The Morgan fingerprint density at radius 3 is 2.50 bits per heavy atom. The van der Waals surface area contributed by atoms with Crippen LogP contribution in [0.25, 0.3) is 0 Å². The zero-order valence-corrected chi connectivity index (χ0v) is 20.5. The molecule has 8 atom stereocenters. The van der Waals surface area contributed by atoms with Gasteiger partial charge in [-0.3, -0.25) is 4.79 Å². The molecule has 0 aromatic rings. The molecule has 0 spiro atoms. The zero-order valence-electron chi connectivity index (χ0n) is 20.5. The average Bonchev–Trinajstić information content (AvgIpc) is 3.05. The minimum absolute atomic E-state index is 0.240. The fraction of sp³-hybridized carbons (Fsp3) is 0.828. The molecule has 0 aromatic heterocycles. The number of fused-ring (bicyclic) bond motifs is 5. The van der Waals surface area contributed by atoms with Crippen molar-refractivity contribution in [2.24, 2.45) is 52.3 Å². The van der Waals surface area contributed by atoms with Crippen molar-refractivity contribution in [2.75, 3.05) is 0 Å².